The Morgan fingerprint density at radius 2 is 2.12 bits per heavy atom. The number of carbonyl (C=O) groups excluding carboxylic acids is 1. The fourth-order valence-electron chi connectivity index (χ4n) is 1.79. The van der Waals surface area contributed by atoms with E-state index in [1.54, 1.807) is 0 Å². The second kappa shape index (κ2) is 6.17. The first-order valence-electron chi connectivity index (χ1n) is 5.74. The molecular formula is C13H15BrO3. The first-order chi connectivity index (χ1) is 8.25. The minimum absolute atomic E-state index is 0.0131. The summed E-state index contributed by atoms with van der Waals surface area (Å²) < 4.78 is 11.9. The summed E-state index contributed by atoms with van der Waals surface area (Å²) in [6.45, 7) is 1.67. The summed E-state index contributed by atoms with van der Waals surface area (Å²) in [5, 5.41) is 0. The molecule has 0 aromatic heterocycles. The third-order valence-electron chi connectivity index (χ3n) is 2.82. The lowest BCUT2D eigenvalue weighted by Gasteiger charge is -2.20. The molecule has 17 heavy (non-hydrogen) atoms. The molecule has 1 saturated heterocycles. The van der Waals surface area contributed by atoms with Crippen LogP contribution in [0, 0.1) is 5.92 Å². The van der Waals surface area contributed by atoms with Gasteiger partial charge in [0, 0.05) is 16.8 Å². The summed E-state index contributed by atoms with van der Waals surface area (Å²) in [5.74, 6) is 1.15. The van der Waals surface area contributed by atoms with Gasteiger partial charge >= 0.3 is 0 Å². The summed E-state index contributed by atoms with van der Waals surface area (Å²) in [5.41, 5.74) is 0. The number of Topliss-reactive ketones (excluding diaryl/α,β-unsaturated/α-hetero) is 1. The zero-order chi connectivity index (χ0) is 12.1. The molecule has 0 aliphatic carbocycles. The van der Waals surface area contributed by atoms with Crippen molar-refractivity contribution in [2.45, 2.75) is 12.8 Å². The lowest BCUT2D eigenvalue weighted by atomic mass is 9.98. The lowest BCUT2D eigenvalue weighted by molar-refractivity contribution is -0.131. The number of benzene rings is 1. The average molecular weight is 299 g/mol. The molecule has 1 fully saturated rings. The van der Waals surface area contributed by atoms with Crippen LogP contribution < -0.4 is 4.74 Å². The van der Waals surface area contributed by atoms with Crippen LogP contribution in [0.1, 0.15) is 12.8 Å². The molecule has 0 bridgehead atoms. The molecule has 1 atom stereocenters. The summed E-state index contributed by atoms with van der Waals surface area (Å²) in [7, 11) is 0. The quantitative estimate of drug-likeness (QED) is 0.857. The van der Waals surface area contributed by atoms with Crippen molar-refractivity contribution in [3.8, 4) is 5.75 Å². The largest absolute Gasteiger partial charge is 0.494 e. The SMILES string of the molecule is O=C1CCOCC1CCOc1ccc(Br)cc1. The van der Waals surface area contributed by atoms with Crippen LogP contribution in [-0.2, 0) is 9.53 Å². The van der Waals surface area contributed by atoms with Gasteiger partial charge in [-0.15, -0.1) is 0 Å². The van der Waals surface area contributed by atoms with Crippen molar-refractivity contribution in [3.63, 3.8) is 0 Å². The maximum atomic E-state index is 11.5. The summed E-state index contributed by atoms with van der Waals surface area (Å²) >= 11 is 3.37. The summed E-state index contributed by atoms with van der Waals surface area (Å²) in [6, 6.07) is 7.68. The molecule has 0 amide bonds. The Balaban J connectivity index is 1.75. The maximum absolute atomic E-state index is 11.5. The molecule has 0 N–H and O–H groups in total. The standard InChI is InChI=1S/C13H15BrO3/c14-11-1-3-12(4-2-11)17-8-5-10-9-16-7-6-13(10)15/h1-4,10H,5-9H2. The fraction of sp³-hybridized carbons (Fsp3) is 0.462. The molecule has 0 spiro atoms. The molecule has 2 rings (SSSR count). The van der Waals surface area contributed by atoms with Crippen molar-refractivity contribution in [2.75, 3.05) is 19.8 Å². The van der Waals surface area contributed by atoms with Crippen molar-refractivity contribution in [3.05, 3.63) is 28.7 Å². The fourth-order valence-corrected chi connectivity index (χ4v) is 2.05. The molecule has 1 heterocycles. The van der Waals surface area contributed by atoms with Crippen LogP contribution in [0.2, 0.25) is 0 Å². The Hall–Kier alpha value is -0.870. The molecule has 3 nitrogen and oxygen atoms in total. The van der Waals surface area contributed by atoms with Gasteiger partial charge in [-0.1, -0.05) is 15.9 Å². The van der Waals surface area contributed by atoms with E-state index >= 15 is 0 Å². The number of hydrogen-bond acceptors (Lipinski definition) is 3. The normalized spacial score (nSPS) is 20.3. The van der Waals surface area contributed by atoms with Gasteiger partial charge in [0.05, 0.1) is 19.8 Å². The van der Waals surface area contributed by atoms with E-state index in [9.17, 15) is 4.79 Å². The van der Waals surface area contributed by atoms with Crippen molar-refractivity contribution in [1.82, 2.24) is 0 Å². The van der Waals surface area contributed by atoms with E-state index in [4.69, 9.17) is 9.47 Å². The van der Waals surface area contributed by atoms with Gasteiger partial charge in [-0.25, -0.2) is 0 Å². The van der Waals surface area contributed by atoms with Gasteiger partial charge < -0.3 is 9.47 Å². The van der Waals surface area contributed by atoms with E-state index in [1.165, 1.54) is 0 Å². The number of hydrogen-bond donors (Lipinski definition) is 0. The third kappa shape index (κ3) is 3.82. The third-order valence-corrected chi connectivity index (χ3v) is 3.34. The number of ketones is 1. The van der Waals surface area contributed by atoms with E-state index in [-0.39, 0.29) is 5.92 Å². The van der Waals surface area contributed by atoms with E-state index in [0.717, 1.165) is 16.6 Å². The molecule has 0 saturated carbocycles. The van der Waals surface area contributed by atoms with Crippen molar-refractivity contribution < 1.29 is 14.3 Å². The van der Waals surface area contributed by atoms with Gasteiger partial charge in [-0.05, 0) is 30.7 Å². The van der Waals surface area contributed by atoms with Crippen LogP contribution in [-0.4, -0.2) is 25.6 Å². The molecule has 4 heteroatoms. The van der Waals surface area contributed by atoms with Gasteiger partial charge in [0.1, 0.15) is 11.5 Å². The highest BCUT2D eigenvalue weighted by atomic mass is 79.9. The Morgan fingerprint density at radius 1 is 1.35 bits per heavy atom. The molecule has 1 unspecified atom stereocenters. The van der Waals surface area contributed by atoms with Crippen molar-refractivity contribution >= 4 is 21.7 Å². The van der Waals surface area contributed by atoms with E-state index in [0.29, 0.717) is 32.0 Å². The molecule has 1 aliphatic rings. The highest BCUT2D eigenvalue weighted by Gasteiger charge is 2.22. The van der Waals surface area contributed by atoms with Crippen LogP contribution >= 0.6 is 15.9 Å². The van der Waals surface area contributed by atoms with Gasteiger partial charge in [-0.2, -0.15) is 0 Å². The van der Waals surface area contributed by atoms with Crippen LogP contribution in [0.3, 0.4) is 0 Å². The molecule has 1 aliphatic heterocycles. The predicted molar refractivity (Wildman–Crippen MR) is 68.2 cm³/mol. The Morgan fingerprint density at radius 3 is 2.82 bits per heavy atom. The van der Waals surface area contributed by atoms with Crippen LogP contribution in [0.5, 0.6) is 5.75 Å². The van der Waals surface area contributed by atoms with E-state index < -0.39 is 0 Å². The van der Waals surface area contributed by atoms with Crippen molar-refractivity contribution in [1.29, 1.82) is 0 Å². The highest BCUT2D eigenvalue weighted by Crippen LogP contribution is 2.18. The molecule has 1 aromatic carbocycles. The molecular weight excluding hydrogens is 284 g/mol. The first-order valence-corrected chi connectivity index (χ1v) is 6.54. The Labute approximate surface area is 109 Å². The smallest absolute Gasteiger partial charge is 0.140 e. The monoisotopic (exact) mass is 298 g/mol. The Kier molecular flexibility index (Phi) is 4.57. The van der Waals surface area contributed by atoms with E-state index in [2.05, 4.69) is 15.9 Å². The van der Waals surface area contributed by atoms with Crippen LogP contribution in [0.15, 0.2) is 28.7 Å². The van der Waals surface area contributed by atoms with E-state index in [1.807, 2.05) is 24.3 Å². The molecule has 92 valence electrons. The predicted octanol–water partition coefficient (Wildman–Crippen LogP) is 2.82. The van der Waals surface area contributed by atoms with Gasteiger partial charge in [0.25, 0.3) is 0 Å². The first kappa shape index (κ1) is 12.6. The van der Waals surface area contributed by atoms with Crippen LogP contribution in [0.4, 0.5) is 0 Å². The highest BCUT2D eigenvalue weighted by molar-refractivity contribution is 9.10. The van der Waals surface area contributed by atoms with Crippen LogP contribution in [0.25, 0.3) is 0 Å². The van der Waals surface area contributed by atoms with Crippen molar-refractivity contribution in [2.24, 2.45) is 5.92 Å². The number of ether oxygens (including phenoxy) is 2. The Bertz CT molecular complexity index is 375. The minimum atomic E-state index is 0.0131. The minimum Gasteiger partial charge on any atom is -0.494 e. The second-order valence-electron chi connectivity index (χ2n) is 4.08. The molecule has 1 aromatic rings. The maximum Gasteiger partial charge on any atom is 0.140 e. The van der Waals surface area contributed by atoms with Gasteiger partial charge in [0.2, 0.25) is 0 Å². The number of carbonyl (C=O) groups is 1. The molecule has 0 radical (unpaired) electrons. The zero-order valence-electron chi connectivity index (χ0n) is 9.52. The average Bonchev–Trinajstić information content (AvgIpc) is 2.34. The second-order valence-corrected chi connectivity index (χ2v) is 4.99. The number of halogens is 1. The van der Waals surface area contributed by atoms with Gasteiger partial charge in [-0.3, -0.25) is 4.79 Å². The zero-order valence-corrected chi connectivity index (χ0v) is 11.1. The number of rotatable bonds is 4. The summed E-state index contributed by atoms with van der Waals surface area (Å²) in [6.07, 6.45) is 1.28. The summed E-state index contributed by atoms with van der Waals surface area (Å²) in [4.78, 5) is 11.5. The van der Waals surface area contributed by atoms with Gasteiger partial charge in [0.15, 0.2) is 0 Å². The lowest BCUT2D eigenvalue weighted by Crippen LogP contribution is -2.28. The topological polar surface area (TPSA) is 35.5 Å².